The van der Waals surface area contributed by atoms with Gasteiger partial charge in [0.25, 0.3) is 0 Å². The second kappa shape index (κ2) is 6.90. The molecule has 0 aromatic heterocycles. The first-order valence-electron chi connectivity index (χ1n) is 7.97. The van der Waals surface area contributed by atoms with E-state index in [2.05, 4.69) is 29.2 Å². The topological polar surface area (TPSA) is 29.5 Å². The van der Waals surface area contributed by atoms with Crippen molar-refractivity contribution in [1.29, 1.82) is 0 Å². The Hall–Kier alpha value is -1.61. The van der Waals surface area contributed by atoms with Gasteiger partial charge in [-0.1, -0.05) is 42.5 Å². The van der Waals surface area contributed by atoms with E-state index in [4.69, 9.17) is 4.74 Å². The number of nitrogens with zero attached hydrogens (tertiary/aromatic N) is 1. The molecule has 1 saturated carbocycles. The number of ether oxygens (including phenoxy) is 1. The molecule has 1 aliphatic heterocycles. The first kappa shape index (κ1) is 14.3. The summed E-state index contributed by atoms with van der Waals surface area (Å²) in [7, 11) is 0. The molecule has 1 aliphatic carbocycles. The summed E-state index contributed by atoms with van der Waals surface area (Å²) in [6.45, 7) is 1.47. The fraction of sp³-hybridized carbons (Fsp3) is 0.500. The minimum Gasteiger partial charge on any atom is -0.374 e. The number of morpholine rings is 1. The summed E-state index contributed by atoms with van der Waals surface area (Å²) in [5.41, 5.74) is 1.19. The second-order valence-corrected chi connectivity index (χ2v) is 5.85. The van der Waals surface area contributed by atoms with Crippen molar-refractivity contribution >= 4 is 12.0 Å². The Bertz CT molecular complexity index is 497. The smallest absolute Gasteiger partial charge is 0.223 e. The molecule has 0 bridgehead atoms. The third-order valence-electron chi connectivity index (χ3n) is 4.44. The van der Waals surface area contributed by atoms with Crippen molar-refractivity contribution in [3.8, 4) is 0 Å². The zero-order valence-corrected chi connectivity index (χ0v) is 12.4. The van der Waals surface area contributed by atoms with Crippen LogP contribution in [0.3, 0.4) is 0 Å². The van der Waals surface area contributed by atoms with E-state index in [9.17, 15) is 4.79 Å². The minimum absolute atomic E-state index is 0.285. The van der Waals surface area contributed by atoms with E-state index < -0.39 is 0 Å². The molecule has 3 rings (SSSR count). The van der Waals surface area contributed by atoms with Gasteiger partial charge in [0.1, 0.15) is 0 Å². The lowest BCUT2D eigenvalue weighted by Crippen LogP contribution is -2.51. The number of hydrogen-bond acceptors (Lipinski definition) is 2. The van der Waals surface area contributed by atoms with Gasteiger partial charge >= 0.3 is 0 Å². The molecular weight excluding hydrogens is 262 g/mol. The molecule has 1 amide bonds. The average Bonchev–Trinajstić information content (AvgIpc) is 3.01. The van der Waals surface area contributed by atoms with Gasteiger partial charge in [-0.15, -0.1) is 0 Å². The molecule has 2 aliphatic rings. The molecule has 0 radical (unpaired) electrons. The number of amides is 1. The number of carbonyl (C=O) groups is 1. The van der Waals surface area contributed by atoms with Gasteiger partial charge in [0.05, 0.1) is 18.8 Å². The molecule has 2 atom stereocenters. The number of carbonyl (C=O) groups excluding carboxylic acids is 1. The highest BCUT2D eigenvalue weighted by atomic mass is 16.5. The molecule has 2 unspecified atom stereocenters. The fourth-order valence-corrected chi connectivity index (χ4v) is 3.37. The molecule has 3 nitrogen and oxygen atoms in total. The van der Waals surface area contributed by atoms with Gasteiger partial charge in [0.15, 0.2) is 0 Å². The van der Waals surface area contributed by atoms with Crippen LogP contribution in [0.5, 0.6) is 0 Å². The van der Waals surface area contributed by atoms with Gasteiger partial charge in [-0.3, -0.25) is 4.79 Å². The maximum atomic E-state index is 12.4. The highest BCUT2D eigenvalue weighted by Crippen LogP contribution is 2.30. The largest absolute Gasteiger partial charge is 0.374 e. The molecule has 112 valence electrons. The number of allylic oxidation sites excluding steroid dienone is 1. The third kappa shape index (κ3) is 3.53. The van der Waals surface area contributed by atoms with Crippen molar-refractivity contribution in [2.75, 3.05) is 13.2 Å². The van der Waals surface area contributed by atoms with Crippen molar-refractivity contribution < 1.29 is 9.53 Å². The minimum atomic E-state index is 0.285. The van der Waals surface area contributed by atoms with Crippen molar-refractivity contribution in [2.24, 2.45) is 0 Å². The predicted octanol–water partition coefficient (Wildman–Crippen LogP) is 3.26. The van der Waals surface area contributed by atoms with Crippen LogP contribution < -0.4 is 0 Å². The van der Waals surface area contributed by atoms with E-state index in [-0.39, 0.29) is 5.91 Å². The van der Waals surface area contributed by atoms with Gasteiger partial charge in [0.2, 0.25) is 5.91 Å². The van der Waals surface area contributed by atoms with E-state index in [1.54, 1.807) is 0 Å². The van der Waals surface area contributed by atoms with Gasteiger partial charge in [-0.25, -0.2) is 0 Å². The zero-order valence-electron chi connectivity index (χ0n) is 12.4. The molecule has 0 spiro atoms. The average molecular weight is 285 g/mol. The molecule has 3 heteroatoms. The van der Waals surface area contributed by atoms with Crippen molar-refractivity contribution in [2.45, 2.75) is 44.2 Å². The SMILES string of the molecule is O=C(CC/C=C/c1ccccc1)N1CCOC2CCCC21. The summed E-state index contributed by atoms with van der Waals surface area (Å²) in [4.78, 5) is 14.5. The number of hydrogen-bond donors (Lipinski definition) is 0. The van der Waals surface area contributed by atoms with E-state index in [0.717, 1.165) is 25.8 Å². The Morgan fingerprint density at radius 1 is 1.29 bits per heavy atom. The molecule has 1 aromatic carbocycles. The zero-order chi connectivity index (χ0) is 14.5. The molecule has 21 heavy (non-hydrogen) atoms. The predicted molar refractivity (Wildman–Crippen MR) is 83.8 cm³/mol. The Morgan fingerprint density at radius 3 is 3.00 bits per heavy atom. The van der Waals surface area contributed by atoms with Crippen LogP contribution in [0, 0.1) is 0 Å². The lowest BCUT2D eigenvalue weighted by molar-refractivity contribution is -0.143. The second-order valence-electron chi connectivity index (χ2n) is 5.85. The summed E-state index contributed by atoms with van der Waals surface area (Å²) < 4.78 is 5.76. The molecule has 2 fully saturated rings. The maximum Gasteiger partial charge on any atom is 0.223 e. The summed E-state index contributed by atoms with van der Waals surface area (Å²) >= 11 is 0. The van der Waals surface area contributed by atoms with Gasteiger partial charge < -0.3 is 9.64 Å². The Labute approximate surface area is 126 Å². The molecule has 1 saturated heterocycles. The molecule has 1 heterocycles. The van der Waals surface area contributed by atoms with E-state index in [1.165, 1.54) is 12.0 Å². The van der Waals surface area contributed by atoms with Crippen LogP contribution in [-0.2, 0) is 9.53 Å². The van der Waals surface area contributed by atoms with Crippen LogP contribution in [0.1, 0.15) is 37.7 Å². The highest BCUT2D eigenvalue weighted by molar-refractivity contribution is 5.77. The van der Waals surface area contributed by atoms with E-state index in [1.807, 2.05) is 18.2 Å². The van der Waals surface area contributed by atoms with E-state index >= 15 is 0 Å². The highest BCUT2D eigenvalue weighted by Gasteiger charge is 2.37. The number of benzene rings is 1. The molecule has 1 aromatic rings. The van der Waals surface area contributed by atoms with Gasteiger partial charge in [-0.05, 0) is 31.2 Å². The van der Waals surface area contributed by atoms with Crippen LogP contribution in [0.25, 0.3) is 6.08 Å². The first-order chi connectivity index (χ1) is 10.3. The normalized spacial score (nSPS) is 25.2. The van der Waals surface area contributed by atoms with Crippen LogP contribution in [0.2, 0.25) is 0 Å². The Kier molecular flexibility index (Phi) is 4.71. The van der Waals surface area contributed by atoms with Crippen molar-refractivity contribution in [3.05, 3.63) is 42.0 Å². The molecular formula is C18H23NO2. The fourth-order valence-electron chi connectivity index (χ4n) is 3.37. The summed E-state index contributed by atoms with van der Waals surface area (Å²) in [6, 6.07) is 10.5. The Morgan fingerprint density at radius 2 is 2.14 bits per heavy atom. The third-order valence-corrected chi connectivity index (χ3v) is 4.44. The summed E-state index contributed by atoms with van der Waals surface area (Å²) in [5, 5.41) is 0. The van der Waals surface area contributed by atoms with Crippen LogP contribution in [0.15, 0.2) is 36.4 Å². The van der Waals surface area contributed by atoms with E-state index in [0.29, 0.717) is 25.2 Å². The first-order valence-corrected chi connectivity index (χ1v) is 7.97. The van der Waals surface area contributed by atoms with Crippen molar-refractivity contribution in [3.63, 3.8) is 0 Å². The number of fused-ring (bicyclic) bond motifs is 1. The quantitative estimate of drug-likeness (QED) is 0.850. The summed E-state index contributed by atoms with van der Waals surface area (Å²) in [6.07, 6.45) is 9.30. The van der Waals surface area contributed by atoms with Crippen molar-refractivity contribution in [1.82, 2.24) is 4.90 Å². The molecule has 0 N–H and O–H groups in total. The van der Waals surface area contributed by atoms with Gasteiger partial charge in [-0.2, -0.15) is 0 Å². The van der Waals surface area contributed by atoms with Gasteiger partial charge in [0, 0.05) is 13.0 Å². The Balaban J connectivity index is 1.49. The number of rotatable bonds is 4. The monoisotopic (exact) mass is 285 g/mol. The van der Waals surface area contributed by atoms with Crippen LogP contribution >= 0.6 is 0 Å². The van der Waals surface area contributed by atoms with Crippen LogP contribution in [-0.4, -0.2) is 36.1 Å². The standard InChI is InChI=1S/C18H23NO2/c20-18(12-5-4-9-15-7-2-1-3-8-15)19-13-14-21-17-11-6-10-16(17)19/h1-4,7-9,16-17H,5-6,10-14H2/b9-4+. The lowest BCUT2D eigenvalue weighted by Gasteiger charge is -2.37. The van der Waals surface area contributed by atoms with Crippen LogP contribution in [0.4, 0.5) is 0 Å². The maximum absolute atomic E-state index is 12.4. The summed E-state index contributed by atoms with van der Waals surface area (Å²) in [5.74, 6) is 0.285. The lowest BCUT2D eigenvalue weighted by atomic mass is 10.1.